The van der Waals surface area contributed by atoms with Crippen molar-refractivity contribution in [2.45, 2.75) is 37.6 Å². The van der Waals surface area contributed by atoms with E-state index in [9.17, 15) is 0 Å². The topological polar surface area (TPSA) is 34.2 Å². The van der Waals surface area contributed by atoms with Crippen LogP contribution in [-0.4, -0.2) is 94.3 Å². The fourth-order valence-electron chi connectivity index (χ4n) is 3.04. The van der Waals surface area contributed by atoms with Crippen molar-refractivity contribution in [2.24, 2.45) is 0 Å². The van der Waals surface area contributed by atoms with Crippen LogP contribution in [0.4, 0.5) is 0 Å². The van der Waals surface area contributed by atoms with Crippen molar-refractivity contribution in [2.75, 3.05) is 46.5 Å². The van der Waals surface area contributed by atoms with E-state index in [4.69, 9.17) is 14.0 Å². The van der Waals surface area contributed by atoms with Crippen LogP contribution in [0.1, 0.15) is 13.3 Å². The van der Waals surface area contributed by atoms with Crippen molar-refractivity contribution in [1.29, 1.82) is 0 Å². The van der Waals surface area contributed by atoms with Gasteiger partial charge in [-0.2, -0.15) is 0 Å². The first-order valence-electron chi connectivity index (χ1n) is 8.45. The summed E-state index contributed by atoms with van der Waals surface area (Å²) >= 11 is 1.54. The molecule has 24 heavy (non-hydrogen) atoms. The molecule has 2 saturated heterocycles. The summed E-state index contributed by atoms with van der Waals surface area (Å²) in [6.45, 7) is 13.1. The van der Waals surface area contributed by atoms with Crippen LogP contribution >= 0.6 is 23.5 Å². The predicted molar refractivity (Wildman–Crippen MR) is 106 cm³/mol. The summed E-state index contributed by atoms with van der Waals surface area (Å²) in [5.41, 5.74) is 0. The normalized spacial score (nSPS) is 35.4. The summed E-state index contributed by atoms with van der Waals surface area (Å²) in [6, 6.07) is 0.365. The second-order valence-corrected chi connectivity index (χ2v) is 17.1. The molecule has 5 nitrogen and oxygen atoms in total. The van der Waals surface area contributed by atoms with E-state index in [0.717, 1.165) is 32.6 Å². The molecular formula is C13H29B2N2O3P3W. The van der Waals surface area contributed by atoms with Crippen LogP contribution in [0.2, 0.25) is 0 Å². The van der Waals surface area contributed by atoms with Crippen LogP contribution in [0.5, 0.6) is 0 Å². The SMILES string of the molecule is CCC1CN([P](C)(=[W])OCC2CN(C)CC([B]P)O2)CC([B]P)O1. The molecule has 2 rings (SSSR count). The molecule has 0 aromatic rings. The molecule has 0 aromatic heterocycles. The van der Waals surface area contributed by atoms with E-state index in [1.807, 2.05) is 0 Å². The van der Waals surface area contributed by atoms with Crippen LogP contribution in [0.3, 0.4) is 0 Å². The Hall–Kier alpha value is 1.91. The van der Waals surface area contributed by atoms with E-state index in [1.54, 1.807) is 0 Å². The Bertz CT molecular complexity index is 443. The Morgan fingerprint density at radius 1 is 1.12 bits per heavy atom. The van der Waals surface area contributed by atoms with Crippen molar-refractivity contribution in [3.05, 3.63) is 0 Å². The van der Waals surface area contributed by atoms with E-state index < -0.39 is 5.27 Å². The van der Waals surface area contributed by atoms with Gasteiger partial charge in [-0.15, -0.1) is 0 Å². The molecule has 0 bridgehead atoms. The van der Waals surface area contributed by atoms with Crippen LogP contribution in [-0.2, 0) is 32.8 Å². The van der Waals surface area contributed by atoms with E-state index in [0.29, 0.717) is 12.7 Å². The van der Waals surface area contributed by atoms with Crippen molar-refractivity contribution in [3.63, 3.8) is 0 Å². The molecule has 2 aliphatic rings. The van der Waals surface area contributed by atoms with Crippen molar-refractivity contribution in [1.82, 2.24) is 9.57 Å². The molecule has 0 N–H and O–H groups in total. The van der Waals surface area contributed by atoms with Crippen molar-refractivity contribution < 1.29 is 32.8 Å². The van der Waals surface area contributed by atoms with Crippen LogP contribution in [0.15, 0.2) is 0 Å². The molecule has 0 saturated carbocycles. The molecule has 2 fully saturated rings. The quantitative estimate of drug-likeness (QED) is 0.344. The zero-order valence-corrected chi connectivity index (χ0v) is 21.0. The molecule has 2 aliphatic heterocycles. The van der Waals surface area contributed by atoms with Gasteiger partial charge in [-0.25, -0.2) is 0 Å². The second-order valence-electron chi connectivity index (χ2n) is 6.58. The van der Waals surface area contributed by atoms with Gasteiger partial charge in [-0.1, -0.05) is 0 Å². The molecule has 136 valence electrons. The van der Waals surface area contributed by atoms with Gasteiger partial charge in [0.25, 0.3) is 0 Å². The number of hydrogen-bond donors (Lipinski definition) is 0. The summed E-state index contributed by atoms with van der Waals surface area (Å²) in [4.78, 5) is 2.32. The van der Waals surface area contributed by atoms with Gasteiger partial charge in [0.2, 0.25) is 0 Å². The first-order valence-corrected chi connectivity index (χ1v) is 15.7. The first-order chi connectivity index (χ1) is 11.4. The Morgan fingerprint density at radius 2 is 1.75 bits per heavy atom. The monoisotopic (exact) mass is 560 g/mol. The third-order valence-electron chi connectivity index (χ3n) is 4.44. The van der Waals surface area contributed by atoms with Crippen molar-refractivity contribution in [3.8, 4) is 0 Å². The summed E-state index contributed by atoms with van der Waals surface area (Å²) in [5, 5.41) is -1.54. The number of nitrogens with zero attached hydrogens (tertiary/aromatic N) is 2. The standard InChI is InChI=1S/C13H29B2N2O3P3.W/c1-4-10-6-17(8-13(15-22)19-10)23(3)18-9-11-5-16(2)7-12(14-21)20-11;/h10-13H,4-9,21-22H2,1-3H3;. The molecule has 7 unspecified atom stereocenters. The summed E-state index contributed by atoms with van der Waals surface area (Å²) < 4.78 is 21.2. The summed E-state index contributed by atoms with van der Waals surface area (Å²) in [7, 11) is 7.51. The van der Waals surface area contributed by atoms with Gasteiger partial charge >= 0.3 is 164 Å². The number of morpholine rings is 2. The van der Waals surface area contributed by atoms with Crippen LogP contribution < -0.4 is 0 Å². The summed E-state index contributed by atoms with van der Waals surface area (Å²) in [5.74, 6) is 0. The Morgan fingerprint density at radius 3 is 2.38 bits per heavy atom. The average molecular weight is 560 g/mol. The third-order valence-corrected chi connectivity index (χ3v) is 10.9. The molecule has 2 radical (unpaired) electrons. The van der Waals surface area contributed by atoms with Gasteiger partial charge in [0.1, 0.15) is 0 Å². The molecule has 2 heterocycles. The predicted octanol–water partition coefficient (Wildman–Crippen LogP) is 1.02. The average Bonchev–Trinajstić information content (AvgIpc) is 2.59. The van der Waals surface area contributed by atoms with E-state index in [-0.39, 0.29) is 18.1 Å². The molecular weight excluding hydrogens is 531 g/mol. The molecule has 0 aromatic carbocycles. The fraction of sp³-hybridized carbons (Fsp3) is 1.00. The molecule has 0 spiro atoms. The molecule has 0 aliphatic carbocycles. The van der Waals surface area contributed by atoms with E-state index in [2.05, 4.69) is 62.4 Å². The van der Waals surface area contributed by atoms with Gasteiger partial charge in [0.05, 0.1) is 0 Å². The molecule has 0 amide bonds. The van der Waals surface area contributed by atoms with Crippen LogP contribution in [0, 0.1) is 0 Å². The zero-order valence-electron chi connectivity index (χ0n) is 14.8. The molecule has 11 heteroatoms. The van der Waals surface area contributed by atoms with Crippen molar-refractivity contribution >= 4 is 37.5 Å². The first kappa shape index (κ1) is 22.2. The zero-order chi connectivity index (χ0) is 17.7. The Balaban J connectivity index is 1.91. The second kappa shape index (κ2) is 10.5. The number of hydrogen-bond acceptors (Lipinski definition) is 5. The fourth-order valence-corrected chi connectivity index (χ4v) is 7.10. The number of ether oxygens (including phenoxy) is 2. The minimum atomic E-state index is -1.54. The van der Waals surface area contributed by atoms with Gasteiger partial charge in [0, 0.05) is 0 Å². The Kier molecular flexibility index (Phi) is 9.67. The number of rotatable bonds is 7. The number of likely N-dealkylation sites (N-methyl/N-ethyl adjacent to an activating group) is 1. The third kappa shape index (κ3) is 6.51. The maximum atomic E-state index is 6.46. The Labute approximate surface area is 163 Å². The minimum absolute atomic E-state index is 0.149. The van der Waals surface area contributed by atoms with Gasteiger partial charge in [0.15, 0.2) is 0 Å². The van der Waals surface area contributed by atoms with E-state index >= 15 is 0 Å². The maximum absolute atomic E-state index is 6.46. The summed E-state index contributed by atoms with van der Waals surface area (Å²) in [6.07, 6.45) is 1.50. The molecule has 7 atom stereocenters. The van der Waals surface area contributed by atoms with E-state index in [1.165, 1.54) is 18.8 Å². The van der Waals surface area contributed by atoms with Gasteiger partial charge in [-0.05, 0) is 0 Å². The van der Waals surface area contributed by atoms with Gasteiger partial charge < -0.3 is 0 Å². The van der Waals surface area contributed by atoms with Gasteiger partial charge in [-0.3, -0.25) is 0 Å². The van der Waals surface area contributed by atoms with Crippen LogP contribution in [0.25, 0.3) is 0 Å².